The second-order valence-corrected chi connectivity index (χ2v) is 3.84. The summed E-state index contributed by atoms with van der Waals surface area (Å²) >= 11 is 0. The predicted octanol–water partition coefficient (Wildman–Crippen LogP) is 0.743. The highest BCUT2D eigenvalue weighted by atomic mass is 16.6. The van der Waals surface area contributed by atoms with Crippen molar-refractivity contribution in [1.82, 2.24) is 4.98 Å². The third-order valence-electron chi connectivity index (χ3n) is 2.45. The summed E-state index contributed by atoms with van der Waals surface area (Å²) in [6.45, 7) is 2.90. The first-order valence-corrected chi connectivity index (χ1v) is 5.57. The maximum Gasteiger partial charge on any atom is 0.277 e. The molecule has 1 aromatic rings. The molecule has 0 aliphatic heterocycles. The quantitative estimate of drug-likeness (QED) is 0.439. The van der Waals surface area contributed by atoms with Gasteiger partial charge in [-0.25, -0.2) is 4.98 Å². The summed E-state index contributed by atoms with van der Waals surface area (Å²) in [5.74, 6) is 0.528. The molecule has 18 heavy (non-hydrogen) atoms. The number of rotatable bonds is 7. The van der Waals surface area contributed by atoms with Crippen molar-refractivity contribution in [3.8, 4) is 0 Å². The Morgan fingerprint density at radius 1 is 1.56 bits per heavy atom. The van der Waals surface area contributed by atoms with Gasteiger partial charge in [-0.05, 0) is 6.92 Å². The summed E-state index contributed by atoms with van der Waals surface area (Å²) in [6, 6.07) is 1.45. The van der Waals surface area contributed by atoms with E-state index in [2.05, 4.69) is 4.98 Å². The van der Waals surface area contributed by atoms with Crippen LogP contribution in [0.5, 0.6) is 0 Å². The topological polar surface area (TPSA) is 88.7 Å². The van der Waals surface area contributed by atoms with E-state index in [1.54, 1.807) is 18.9 Å². The molecule has 1 rings (SSSR count). The van der Waals surface area contributed by atoms with E-state index < -0.39 is 4.92 Å². The molecule has 0 aliphatic carbocycles. The van der Waals surface area contributed by atoms with Crippen LogP contribution in [0, 0.1) is 17.0 Å². The lowest BCUT2D eigenvalue weighted by Gasteiger charge is -2.17. The highest BCUT2D eigenvalue weighted by Crippen LogP contribution is 2.21. The first kappa shape index (κ1) is 14.3. The van der Waals surface area contributed by atoms with Crippen LogP contribution in [0.2, 0.25) is 0 Å². The van der Waals surface area contributed by atoms with Gasteiger partial charge in [0.2, 0.25) is 0 Å². The van der Waals surface area contributed by atoms with Crippen LogP contribution in [0.15, 0.2) is 12.3 Å². The molecule has 1 heterocycles. The van der Waals surface area contributed by atoms with Crippen LogP contribution < -0.4 is 4.90 Å². The lowest BCUT2D eigenvalue weighted by Crippen LogP contribution is -2.24. The van der Waals surface area contributed by atoms with Crippen molar-refractivity contribution in [2.75, 3.05) is 38.3 Å². The third-order valence-corrected chi connectivity index (χ3v) is 2.45. The molecule has 0 aromatic carbocycles. The van der Waals surface area contributed by atoms with Crippen molar-refractivity contribution in [3.05, 3.63) is 27.9 Å². The lowest BCUT2D eigenvalue weighted by molar-refractivity contribution is -0.385. The van der Waals surface area contributed by atoms with Gasteiger partial charge in [0, 0.05) is 25.4 Å². The van der Waals surface area contributed by atoms with Crippen molar-refractivity contribution in [1.29, 1.82) is 0 Å². The van der Waals surface area contributed by atoms with E-state index in [0.29, 0.717) is 24.5 Å². The van der Waals surface area contributed by atoms with Gasteiger partial charge >= 0.3 is 0 Å². The monoisotopic (exact) mass is 255 g/mol. The molecule has 0 saturated heterocycles. The fraction of sp³-hybridized carbons (Fsp3) is 0.545. The lowest BCUT2D eigenvalue weighted by atomic mass is 10.2. The molecule has 0 atom stereocenters. The largest absolute Gasteiger partial charge is 0.394 e. The predicted molar refractivity (Wildman–Crippen MR) is 66.8 cm³/mol. The maximum atomic E-state index is 10.8. The van der Waals surface area contributed by atoms with E-state index in [4.69, 9.17) is 9.84 Å². The van der Waals surface area contributed by atoms with Crippen molar-refractivity contribution < 1.29 is 14.8 Å². The standard InChI is InChI=1S/C11H17N3O4/c1-9-8-12-11(7-10(9)14(16)17)13(2)3-5-18-6-4-15/h7-8,15H,3-6H2,1-2H3. The number of ether oxygens (including phenoxy) is 1. The van der Waals surface area contributed by atoms with Gasteiger partial charge < -0.3 is 14.7 Å². The van der Waals surface area contributed by atoms with Gasteiger partial charge in [0.1, 0.15) is 5.82 Å². The number of hydrogen-bond acceptors (Lipinski definition) is 6. The van der Waals surface area contributed by atoms with Crippen LogP contribution in [-0.2, 0) is 4.74 Å². The molecule has 0 fully saturated rings. The molecular formula is C11H17N3O4. The SMILES string of the molecule is Cc1cnc(N(C)CCOCCO)cc1[N+](=O)[O-]. The Labute approximate surface area is 105 Å². The number of likely N-dealkylation sites (N-methyl/N-ethyl adjacent to an activating group) is 1. The summed E-state index contributed by atoms with van der Waals surface area (Å²) in [5, 5.41) is 19.4. The first-order valence-electron chi connectivity index (χ1n) is 5.57. The fourth-order valence-corrected chi connectivity index (χ4v) is 1.39. The van der Waals surface area contributed by atoms with Crippen molar-refractivity contribution >= 4 is 11.5 Å². The Balaban J connectivity index is 2.65. The Hall–Kier alpha value is -1.73. The molecule has 0 saturated carbocycles. The molecule has 100 valence electrons. The molecule has 1 aromatic heterocycles. The summed E-state index contributed by atoms with van der Waals surface area (Å²) in [5.41, 5.74) is 0.594. The van der Waals surface area contributed by atoms with Crippen LogP contribution >= 0.6 is 0 Å². The van der Waals surface area contributed by atoms with E-state index in [1.165, 1.54) is 12.3 Å². The number of aliphatic hydroxyl groups excluding tert-OH is 1. The molecule has 0 amide bonds. The van der Waals surface area contributed by atoms with Gasteiger partial charge in [-0.2, -0.15) is 0 Å². The molecule has 7 heteroatoms. The van der Waals surface area contributed by atoms with E-state index in [0.717, 1.165) is 0 Å². The highest BCUT2D eigenvalue weighted by molar-refractivity contribution is 5.50. The first-order chi connectivity index (χ1) is 8.56. The molecule has 0 radical (unpaired) electrons. The van der Waals surface area contributed by atoms with Gasteiger partial charge in [0.25, 0.3) is 5.69 Å². The van der Waals surface area contributed by atoms with Crippen LogP contribution in [0.3, 0.4) is 0 Å². The minimum absolute atomic E-state index is 0.0159. The maximum absolute atomic E-state index is 10.8. The number of aryl methyl sites for hydroxylation is 1. The van der Waals surface area contributed by atoms with Crippen LogP contribution in [0.4, 0.5) is 11.5 Å². The highest BCUT2D eigenvalue weighted by Gasteiger charge is 2.13. The van der Waals surface area contributed by atoms with Crippen LogP contribution in [0.1, 0.15) is 5.56 Å². The normalized spacial score (nSPS) is 10.4. The van der Waals surface area contributed by atoms with E-state index in [9.17, 15) is 10.1 Å². The second-order valence-electron chi connectivity index (χ2n) is 3.84. The zero-order chi connectivity index (χ0) is 13.5. The zero-order valence-electron chi connectivity index (χ0n) is 10.5. The molecular weight excluding hydrogens is 238 g/mol. The Kier molecular flexibility index (Phi) is 5.47. The summed E-state index contributed by atoms with van der Waals surface area (Å²) in [4.78, 5) is 16.3. The van der Waals surface area contributed by atoms with Gasteiger partial charge in [0.15, 0.2) is 0 Å². The number of nitro groups is 1. The van der Waals surface area contributed by atoms with Gasteiger partial charge in [-0.3, -0.25) is 10.1 Å². The summed E-state index contributed by atoms with van der Waals surface area (Å²) in [7, 11) is 1.78. The molecule has 0 spiro atoms. The Morgan fingerprint density at radius 3 is 2.89 bits per heavy atom. The van der Waals surface area contributed by atoms with Gasteiger partial charge in [-0.15, -0.1) is 0 Å². The number of anilines is 1. The minimum Gasteiger partial charge on any atom is -0.394 e. The van der Waals surface area contributed by atoms with E-state index in [1.807, 2.05) is 0 Å². The van der Waals surface area contributed by atoms with Gasteiger partial charge in [-0.1, -0.05) is 0 Å². The zero-order valence-corrected chi connectivity index (χ0v) is 10.5. The molecule has 0 bridgehead atoms. The van der Waals surface area contributed by atoms with E-state index >= 15 is 0 Å². The Morgan fingerprint density at radius 2 is 2.28 bits per heavy atom. The number of pyridine rings is 1. The summed E-state index contributed by atoms with van der Waals surface area (Å²) in [6.07, 6.45) is 1.48. The average molecular weight is 255 g/mol. The average Bonchev–Trinajstić information content (AvgIpc) is 2.34. The number of nitrogens with zero attached hydrogens (tertiary/aromatic N) is 3. The number of aliphatic hydroxyl groups is 1. The number of aromatic nitrogens is 1. The molecule has 0 aliphatic rings. The fourth-order valence-electron chi connectivity index (χ4n) is 1.39. The van der Waals surface area contributed by atoms with E-state index in [-0.39, 0.29) is 18.9 Å². The van der Waals surface area contributed by atoms with Crippen molar-refractivity contribution in [3.63, 3.8) is 0 Å². The molecule has 0 unspecified atom stereocenters. The third kappa shape index (κ3) is 3.94. The van der Waals surface area contributed by atoms with Crippen molar-refractivity contribution in [2.24, 2.45) is 0 Å². The van der Waals surface area contributed by atoms with Crippen molar-refractivity contribution in [2.45, 2.75) is 6.92 Å². The molecule has 1 N–H and O–H groups in total. The second kappa shape index (κ2) is 6.87. The smallest absolute Gasteiger partial charge is 0.277 e. The Bertz CT molecular complexity index is 411. The van der Waals surface area contributed by atoms with Crippen LogP contribution in [-0.4, -0.2) is 48.4 Å². The van der Waals surface area contributed by atoms with Gasteiger partial charge in [0.05, 0.1) is 30.8 Å². The molecule has 7 nitrogen and oxygen atoms in total. The minimum atomic E-state index is -0.420. The number of hydrogen-bond donors (Lipinski definition) is 1. The summed E-state index contributed by atoms with van der Waals surface area (Å²) < 4.78 is 5.12. The van der Waals surface area contributed by atoms with Crippen LogP contribution in [0.25, 0.3) is 0 Å².